The summed E-state index contributed by atoms with van der Waals surface area (Å²) in [5, 5.41) is 7.07. The molecular formula is C21H23N5O3. The molecule has 1 fully saturated rings. The third-order valence-corrected chi connectivity index (χ3v) is 5.02. The van der Waals surface area contributed by atoms with Gasteiger partial charge in [-0.15, -0.1) is 0 Å². The molecule has 1 atom stereocenters. The van der Waals surface area contributed by atoms with Crippen molar-refractivity contribution < 1.29 is 14.1 Å². The summed E-state index contributed by atoms with van der Waals surface area (Å²) < 4.78 is 10.7. The Morgan fingerprint density at radius 1 is 1.14 bits per heavy atom. The highest BCUT2D eigenvalue weighted by Gasteiger charge is 2.31. The highest BCUT2D eigenvalue weighted by atomic mass is 16.5. The van der Waals surface area contributed by atoms with Gasteiger partial charge in [0.2, 0.25) is 11.7 Å². The number of carbonyl (C=O) groups is 1. The predicted molar refractivity (Wildman–Crippen MR) is 107 cm³/mol. The van der Waals surface area contributed by atoms with Gasteiger partial charge < -0.3 is 19.5 Å². The molecule has 1 N–H and O–H groups in total. The number of anilines is 1. The van der Waals surface area contributed by atoms with Crippen molar-refractivity contribution in [3.8, 4) is 17.1 Å². The van der Waals surface area contributed by atoms with Gasteiger partial charge in [0, 0.05) is 30.2 Å². The van der Waals surface area contributed by atoms with Gasteiger partial charge in [-0.2, -0.15) is 4.98 Å². The van der Waals surface area contributed by atoms with Crippen LogP contribution in [0.1, 0.15) is 37.6 Å². The first-order valence-corrected chi connectivity index (χ1v) is 9.70. The molecule has 1 aromatic carbocycles. The maximum Gasteiger partial charge on any atom is 0.322 e. The van der Waals surface area contributed by atoms with Crippen LogP contribution in [-0.2, 0) is 0 Å². The molecule has 0 spiro atoms. The third-order valence-electron chi connectivity index (χ3n) is 5.02. The number of nitrogens with one attached hydrogen (secondary N) is 1. The van der Waals surface area contributed by atoms with E-state index in [1.165, 1.54) is 0 Å². The maximum absolute atomic E-state index is 13.0. The summed E-state index contributed by atoms with van der Waals surface area (Å²) in [6.07, 6.45) is 7.17. The van der Waals surface area contributed by atoms with Crippen molar-refractivity contribution in [1.29, 1.82) is 0 Å². The molecule has 0 bridgehead atoms. The molecule has 1 saturated heterocycles. The van der Waals surface area contributed by atoms with Gasteiger partial charge in [0.05, 0.1) is 7.11 Å². The summed E-state index contributed by atoms with van der Waals surface area (Å²) in [7, 11) is 1.61. The number of carbonyl (C=O) groups excluding carboxylic acids is 1. The Morgan fingerprint density at radius 3 is 2.69 bits per heavy atom. The summed E-state index contributed by atoms with van der Waals surface area (Å²) in [4.78, 5) is 23.4. The number of hydrogen-bond acceptors (Lipinski definition) is 6. The number of hydrogen-bond donors (Lipinski definition) is 1. The first-order chi connectivity index (χ1) is 14.2. The minimum Gasteiger partial charge on any atom is -0.497 e. The van der Waals surface area contributed by atoms with Crippen LogP contribution in [0.25, 0.3) is 11.4 Å². The fraction of sp³-hybridized carbons (Fsp3) is 0.333. The molecule has 0 aliphatic carbocycles. The number of methoxy groups -OCH3 is 1. The van der Waals surface area contributed by atoms with Gasteiger partial charge in [0.25, 0.3) is 0 Å². The first-order valence-electron chi connectivity index (χ1n) is 9.70. The van der Waals surface area contributed by atoms with Gasteiger partial charge in [0.15, 0.2) is 0 Å². The minimum absolute atomic E-state index is 0.175. The molecule has 8 nitrogen and oxygen atoms in total. The van der Waals surface area contributed by atoms with E-state index in [4.69, 9.17) is 9.26 Å². The highest BCUT2D eigenvalue weighted by molar-refractivity contribution is 5.89. The van der Waals surface area contributed by atoms with Crippen molar-refractivity contribution in [2.45, 2.75) is 31.7 Å². The van der Waals surface area contributed by atoms with E-state index in [1.807, 2.05) is 36.4 Å². The van der Waals surface area contributed by atoms with Crippen LogP contribution >= 0.6 is 0 Å². The van der Waals surface area contributed by atoms with Gasteiger partial charge in [-0.25, -0.2) is 4.79 Å². The van der Waals surface area contributed by atoms with Gasteiger partial charge in [-0.1, -0.05) is 18.0 Å². The summed E-state index contributed by atoms with van der Waals surface area (Å²) in [6.45, 7) is 0.639. The predicted octanol–water partition coefficient (Wildman–Crippen LogP) is 4.29. The van der Waals surface area contributed by atoms with Gasteiger partial charge in [-0.05, 0) is 49.2 Å². The quantitative estimate of drug-likeness (QED) is 0.711. The number of pyridine rings is 1. The molecule has 150 valence electrons. The molecule has 3 aromatic rings. The number of likely N-dealkylation sites (tertiary alicyclic amines) is 1. The van der Waals surface area contributed by atoms with E-state index in [1.54, 1.807) is 24.4 Å². The Hall–Kier alpha value is -3.42. The standard InChI is InChI=1S/C21H23N5O3/c1-28-17-8-6-16(7-9-17)23-21(27)26-14-4-2-3-5-18(26)20-24-19(25-29-20)15-10-12-22-13-11-15/h6-13,18H,2-5,14H2,1H3,(H,23,27). The number of amides is 2. The largest absolute Gasteiger partial charge is 0.497 e. The normalized spacial score (nSPS) is 16.9. The van der Waals surface area contributed by atoms with E-state index in [2.05, 4.69) is 20.4 Å². The Morgan fingerprint density at radius 2 is 1.93 bits per heavy atom. The van der Waals surface area contributed by atoms with Gasteiger partial charge >= 0.3 is 6.03 Å². The smallest absolute Gasteiger partial charge is 0.322 e. The van der Waals surface area contributed by atoms with E-state index >= 15 is 0 Å². The van der Waals surface area contributed by atoms with Crippen molar-refractivity contribution in [2.24, 2.45) is 0 Å². The van der Waals surface area contributed by atoms with Crippen LogP contribution in [0, 0.1) is 0 Å². The van der Waals surface area contributed by atoms with Crippen LogP contribution in [0.2, 0.25) is 0 Å². The van der Waals surface area contributed by atoms with Crippen molar-refractivity contribution in [2.75, 3.05) is 19.0 Å². The molecule has 3 heterocycles. The van der Waals surface area contributed by atoms with Gasteiger partial charge in [0.1, 0.15) is 11.8 Å². The van der Waals surface area contributed by atoms with Crippen molar-refractivity contribution in [1.82, 2.24) is 20.0 Å². The maximum atomic E-state index is 13.0. The SMILES string of the molecule is COc1ccc(NC(=O)N2CCCCCC2c2nc(-c3ccncc3)no2)cc1. The van der Waals surface area contributed by atoms with E-state index < -0.39 is 0 Å². The second-order valence-corrected chi connectivity index (χ2v) is 6.91. The Balaban J connectivity index is 1.54. The molecule has 2 amide bonds. The zero-order chi connectivity index (χ0) is 20.1. The fourth-order valence-electron chi connectivity index (χ4n) is 3.47. The highest BCUT2D eigenvalue weighted by Crippen LogP contribution is 2.31. The van der Waals surface area contributed by atoms with E-state index in [-0.39, 0.29) is 12.1 Å². The summed E-state index contributed by atoms with van der Waals surface area (Å²) in [5.41, 5.74) is 1.54. The van der Waals surface area contributed by atoms with Crippen LogP contribution in [0.5, 0.6) is 5.75 Å². The average Bonchev–Trinajstić information content (AvgIpc) is 3.12. The van der Waals surface area contributed by atoms with Crippen LogP contribution < -0.4 is 10.1 Å². The number of rotatable bonds is 4. The first kappa shape index (κ1) is 18.9. The summed E-state index contributed by atoms with van der Waals surface area (Å²) in [5.74, 6) is 1.70. The topological polar surface area (TPSA) is 93.4 Å². The molecule has 1 aliphatic heterocycles. The number of benzene rings is 1. The van der Waals surface area contributed by atoms with Crippen molar-refractivity contribution >= 4 is 11.7 Å². The molecule has 0 radical (unpaired) electrons. The Bertz CT molecular complexity index is 942. The van der Waals surface area contributed by atoms with Crippen LogP contribution in [0.3, 0.4) is 0 Å². The lowest BCUT2D eigenvalue weighted by atomic mass is 10.1. The molecule has 29 heavy (non-hydrogen) atoms. The monoisotopic (exact) mass is 393 g/mol. The lowest BCUT2D eigenvalue weighted by Gasteiger charge is -2.27. The average molecular weight is 393 g/mol. The Kier molecular flexibility index (Phi) is 5.69. The Labute approximate surface area is 168 Å². The number of aromatic nitrogens is 3. The van der Waals surface area contributed by atoms with Gasteiger partial charge in [-0.3, -0.25) is 4.98 Å². The van der Waals surface area contributed by atoms with E-state index in [0.717, 1.165) is 37.0 Å². The molecule has 1 unspecified atom stereocenters. The van der Waals surface area contributed by atoms with E-state index in [0.29, 0.717) is 23.9 Å². The lowest BCUT2D eigenvalue weighted by Crippen LogP contribution is -2.38. The molecule has 8 heteroatoms. The fourth-order valence-corrected chi connectivity index (χ4v) is 3.47. The van der Waals surface area contributed by atoms with Crippen LogP contribution in [0.4, 0.5) is 10.5 Å². The van der Waals surface area contributed by atoms with E-state index in [9.17, 15) is 4.79 Å². The molecular weight excluding hydrogens is 370 g/mol. The zero-order valence-electron chi connectivity index (χ0n) is 16.2. The second kappa shape index (κ2) is 8.72. The van der Waals surface area contributed by atoms with Crippen LogP contribution in [-0.4, -0.2) is 39.7 Å². The number of nitrogens with zero attached hydrogens (tertiary/aromatic N) is 4. The molecule has 4 rings (SSSR count). The molecule has 0 saturated carbocycles. The lowest BCUT2D eigenvalue weighted by molar-refractivity contribution is 0.171. The van der Waals surface area contributed by atoms with Crippen molar-refractivity contribution in [3.63, 3.8) is 0 Å². The zero-order valence-corrected chi connectivity index (χ0v) is 16.2. The second-order valence-electron chi connectivity index (χ2n) is 6.91. The molecule has 2 aromatic heterocycles. The van der Waals surface area contributed by atoms with Crippen molar-refractivity contribution in [3.05, 3.63) is 54.7 Å². The number of ether oxygens (including phenoxy) is 1. The summed E-state index contributed by atoms with van der Waals surface area (Å²) >= 11 is 0. The minimum atomic E-state index is -0.251. The third kappa shape index (κ3) is 4.37. The number of urea groups is 1. The van der Waals surface area contributed by atoms with Crippen LogP contribution in [0.15, 0.2) is 53.3 Å². The summed E-state index contributed by atoms with van der Waals surface area (Å²) in [6, 6.07) is 10.5. The molecule has 1 aliphatic rings.